The fourth-order valence-corrected chi connectivity index (χ4v) is 9.17. The standard InChI is InChI=1S/C55H38N2/c1-5-19-39(20-6-1)45-27-14-17-31-52(45)56(42-23-9-3-10-24-42)44-34-36-51-49(38-44)46-28-13-16-30-50(46)55(51,40-21-7-2-8-22-40)41-33-35-48-47-29-15-18-32-53(47)57(54(48)37-41)43-25-11-4-12-26-43/h1-38H/i2D,7D,8D,21D,22D. The monoisotopic (exact) mass is 731 g/mol. The second-order valence-corrected chi connectivity index (χ2v) is 14.5. The van der Waals surface area contributed by atoms with Crippen molar-refractivity contribution in [3.63, 3.8) is 0 Å². The molecule has 0 N–H and O–H groups in total. The van der Waals surface area contributed by atoms with Gasteiger partial charge in [0.15, 0.2) is 0 Å². The molecule has 0 amide bonds. The van der Waals surface area contributed by atoms with E-state index in [1.54, 1.807) is 0 Å². The Hall–Kier alpha value is -7.42. The van der Waals surface area contributed by atoms with Crippen molar-refractivity contribution in [3.05, 3.63) is 253 Å². The van der Waals surface area contributed by atoms with Crippen molar-refractivity contribution in [2.45, 2.75) is 5.41 Å². The first-order valence-electron chi connectivity index (χ1n) is 21.8. The molecule has 0 radical (unpaired) electrons. The molecule has 57 heavy (non-hydrogen) atoms. The third-order valence-electron chi connectivity index (χ3n) is 11.5. The van der Waals surface area contributed by atoms with Gasteiger partial charge in [0.1, 0.15) is 0 Å². The smallest absolute Gasteiger partial charge is 0.0714 e. The lowest BCUT2D eigenvalue weighted by atomic mass is 9.67. The molecule has 0 bridgehead atoms. The van der Waals surface area contributed by atoms with Crippen LogP contribution >= 0.6 is 0 Å². The van der Waals surface area contributed by atoms with Crippen LogP contribution in [0.5, 0.6) is 0 Å². The Balaban J connectivity index is 1.24. The summed E-state index contributed by atoms with van der Waals surface area (Å²) in [5, 5.41) is 2.16. The van der Waals surface area contributed by atoms with Crippen LogP contribution in [0.4, 0.5) is 17.1 Å². The van der Waals surface area contributed by atoms with E-state index in [1.165, 1.54) is 0 Å². The largest absolute Gasteiger partial charge is 0.310 e. The van der Waals surface area contributed by atoms with Crippen LogP contribution in [-0.2, 0) is 5.41 Å². The van der Waals surface area contributed by atoms with Crippen LogP contribution < -0.4 is 4.90 Å². The van der Waals surface area contributed by atoms with Crippen LogP contribution in [0, 0.1) is 0 Å². The number of aromatic nitrogens is 1. The molecule has 1 unspecified atom stereocenters. The van der Waals surface area contributed by atoms with E-state index in [0.717, 1.165) is 83.5 Å². The topological polar surface area (TPSA) is 8.17 Å². The van der Waals surface area contributed by atoms with Gasteiger partial charge in [-0.2, -0.15) is 0 Å². The molecule has 1 heterocycles. The van der Waals surface area contributed by atoms with Gasteiger partial charge in [0.05, 0.1) is 29.0 Å². The number of para-hydroxylation sites is 4. The SMILES string of the molecule is [2H]c1c([2H])c([2H])c(C2(c3ccc4c5ccccc5n(-c5ccccc5)c4c3)c3ccccc3-c3cc(N(c4ccccc4)c4ccccc4-c4ccccc4)ccc32)c([2H])c1[2H]. The Morgan fingerprint density at radius 2 is 1.05 bits per heavy atom. The van der Waals surface area contributed by atoms with E-state index in [-0.39, 0.29) is 29.7 Å². The normalized spacial score (nSPS) is 15.6. The van der Waals surface area contributed by atoms with Crippen molar-refractivity contribution in [1.29, 1.82) is 0 Å². The maximum absolute atomic E-state index is 9.64. The zero-order chi connectivity index (χ0) is 42.1. The summed E-state index contributed by atoms with van der Waals surface area (Å²) in [7, 11) is 0. The highest BCUT2D eigenvalue weighted by molar-refractivity contribution is 6.09. The highest BCUT2D eigenvalue weighted by Crippen LogP contribution is 2.58. The lowest BCUT2D eigenvalue weighted by molar-refractivity contribution is 0.769. The lowest BCUT2D eigenvalue weighted by Gasteiger charge is -2.34. The van der Waals surface area contributed by atoms with Gasteiger partial charge in [-0.05, 0) is 93.5 Å². The number of anilines is 3. The molecule has 0 spiro atoms. The maximum Gasteiger partial charge on any atom is 0.0714 e. The molecular formula is C55H38N2. The summed E-state index contributed by atoms with van der Waals surface area (Å²) in [5.41, 5.74) is 11.4. The third kappa shape index (κ3) is 5.11. The number of hydrogen-bond donors (Lipinski definition) is 0. The van der Waals surface area contributed by atoms with E-state index in [1.807, 2.05) is 60.7 Å². The van der Waals surface area contributed by atoms with Gasteiger partial charge in [-0.15, -0.1) is 0 Å². The first-order valence-corrected chi connectivity index (χ1v) is 19.3. The van der Waals surface area contributed by atoms with E-state index in [4.69, 9.17) is 4.11 Å². The van der Waals surface area contributed by atoms with Crippen molar-refractivity contribution < 1.29 is 6.85 Å². The minimum absolute atomic E-state index is 0.221. The molecule has 1 aliphatic rings. The van der Waals surface area contributed by atoms with E-state index in [9.17, 15) is 2.74 Å². The zero-order valence-corrected chi connectivity index (χ0v) is 30.9. The van der Waals surface area contributed by atoms with Crippen molar-refractivity contribution >= 4 is 38.9 Å². The average molecular weight is 732 g/mol. The van der Waals surface area contributed by atoms with Crippen LogP contribution in [0.1, 0.15) is 29.1 Å². The van der Waals surface area contributed by atoms with Gasteiger partial charge in [-0.25, -0.2) is 0 Å². The minimum atomic E-state index is -1.30. The molecule has 1 atom stereocenters. The molecule has 0 saturated carbocycles. The van der Waals surface area contributed by atoms with Gasteiger partial charge in [-0.3, -0.25) is 0 Å². The highest BCUT2D eigenvalue weighted by atomic mass is 15.1. The molecule has 11 rings (SSSR count). The molecule has 10 aromatic rings. The van der Waals surface area contributed by atoms with Crippen LogP contribution in [-0.4, -0.2) is 4.57 Å². The molecule has 0 aliphatic heterocycles. The summed E-state index contributed by atoms with van der Waals surface area (Å²) in [6.45, 7) is 0. The Bertz CT molecular complexity index is 3340. The summed E-state index contributed by atoms with van der Waals surface area (Å²) in [6.07, 6.45) is 0. The molecule has 0 fully saturated rings. The molecular weight excluding hydrogens is 689 g/mol. The zero-order valence-electron chi connectivity index (χ0n) is 35.9. The lowest BCUT2D eigenvalue weighted by Crippen LogP contribution is -2.28. The van der Waals surface area contributed by atoms with Gasteiger partial charge in [0, 0.05) is 33.4 Å². The molecule has 2 heteroatoms. The summed E-state index contributed by atoms with van der Waals surface area (Å²) in [4.78, 5) is 2.28. The van der Waals surface area contributed by atoms with Gasteiger partial charge in [-0.1, -0.05) is 176 Å². The van der Waals surface area contributed by atoms with Crippen LogP contribution in [0.2, 0.25) is 0 Å². The van der Waals surface area contributed by atoms with Gasteiger partial charge >= 0.3 is 0 Å². The minimum Gasteiger partial charge on any atom is -0.310 e. The highest BCUT2D eigenvalue weighted by Gasteiger charge is 2.46. The van der Waals surface area contributed by atoms with Gasteiger partial charge < -0.3 is 9.47 Å². The van der Waals surface area contributed by atoms with Crippen molar-refractivity contribution in [1.82, 2.24) is 4.57 Å². The Morgan fingerprint density at radius 3 is 1.86 bits per heavy atom. The molecule has 1 aliphatic carbocycles. The predicted molar refractivity (Wildman–Crippen MR) is 238 cm³/mol. The maximum atomic E-state index is 9.64. The molecule has 2 nitrogen and oxygen atoms in total. The number of benzene rings is 9. The first-order chi connectivity index (χ1) is 30.4. The van der Waals surface area contributed by atoms with Crippen molar-refractivity contribution in [2.24, 2.45) is 0 Å². The number of rotatable bonds is 7. The van der Waals surface area contributed by atoms with Crippen LogP contribution in [0.25, 0.3) is 49.7 Å². The fourth-order valence-electron chi connectivity index (χ4n) is 9.17. The van der Waals surface area contributed by atoms with E-state index < -0.39 is 11.5 Å². The Morgan fingerprint density at radius 1 is 0.421 bits per heavy atom. The predicted octanol–water partition coefficient (Wildman–Crippen LogP) is 14.3. The van der Waals surface area contributed by atoms with E-state index >= 15 is 0 Å². The molecule has 1 aromatic heterocycles. The van der Waals surface area contributed by atoms with E-state index in [0.29, 0.717) is 0 Å². The van der Waals surface area contributed by atoms with Crippen LogP contribution in [0.3, 0.4) is 0 Å². The number of fused-ring (bicyclic) bond motifs is 6. The van der Waals surface area contributed by atoms with Crippen LogP contribution in [0.15, 0.2) is 230 Å². The second kappa shape index (κ2) is 13.4. The van der Waals surface area contributed by atoms with Gasteiger partial charge in [0.2, 0.25) is 0 Å². The molecule has 268 valence electrons. The van der Waals surface area contributed by atoms with Gasteiger partial charge in [0.25, 0.3) is 0 Å². The fraction of sp³-hybridized carbons (Fsp3) is 0.0182. The molecule has 9 aromatic carbocycles. The first kappa shape index (κ1) is 28.1. The third-order valence-corrected chi connectivity index (χ3v) is 11.5. The number of hydrogen-bond acceptors (Lipinski definition) is 1. The Kier molecular flexibility index (Phi) is 6.60. The summed E-state index contributed by atoms with van der Waals surface area (Å²) in [5.74, 6) is 0. The second-order valence-electron chi connectivity index (χ2n) is 14.5. The molecule has 0 saturated heterocycles. The van der Waals surface area contributed by atoms with Crippen molar-refractivity contribution in [2.75, 3.05) is 4.90 Å². The summed E-state index contributed by atoms with van der Waals surface area (Å²) in [6, 6.07) is 67.2. The summed E-state index contributed by atoms with van der Waals surface area (Å²) < 4.78 is 48.3. The Labute approximate surface area is 340 Å². The average Bonchev–Trinajstić information content (AvgIpc) is 3.81. The van der Waals surface area contributed by atoms with Crippen molar-refractivity contribution in [3.8, 4) is 27.9 Å². The van der Waals surface area contributed by atoms with E-state index in [2.05, 4.69) is 149 Å². The summed E-state index contributed by atoms with van der Waals surface area (Å²) >= 11 is 0. The number of nitrogens with zero attached hydrogens (tertiary/aromatic N) is 2. The quantitative estimate of drug-likeness (QED) is 0.158.